The molecule has 1 unspecified atom stereocenters. The van der Waals surface area contributed by atoms with Crippen LogP contribution in [0, 0.1) is 5.41 Å². The first-order valence-corrected chi connectivity index (χ1v) is 11.6. The Hall–Kier alpha value is -2.94. The summed E-state index contributed by atoms with van der Waals surface area (Å²) < 4.78 is 1.83. The largest absolute Gasteiger partial charge is 0.342 e. The molecule has 0 bridgehead atoms. The molecule has 0 saturated heterocycles. The van der Waals surface area contributed by atoms with Gasteiger partial charge in [0.15, 0.2) is 17.3 Å². The highest BCUT2D eigenvalue weighted by Gasteiger charge is 2.33. The van der Waals surface area contributed by atoms with Gasteiger partial charge in [-0.3, -0.25) is 18.8 Å². The van der Waals surface area contributed by atoms with Crippen LogP contribution in [0.25, 0.3) is 5.65 Å². The van der Waals surface area contributed by atoms with Crippen LogP contribution in [0.15, 0.2) is 35.3 Å². The van der Waals surface area contributed by atoms with Gasteiger partial charge in [-0.15, -0.1) is 10.2 Å². The summed E-state index contributed by atoms with van der Waals surface area (Å²) in [7, 11) is 0. The van der Waals surface area contributed by atoms with E-state index in [-0.39, 0.29) is 16.8 Å². The van der Waals surface area contributed by atoms with E-state index < -0.39 is 17.5 Å². The first-order chi connectivity index (χ1) is 14.8. The Balaban J connectivity index is 1.66. The van der Waals surface area contributed by atoms with Gasteiger partial charge in [-0.25, -0.2) is 0 Å². The summed E-state index contributed by atoms with van der Waals surface area (Å²) in [6.07, 6.45) is 5.43. The summed E-state index contributed by atoms with van der Waals surface area (Å²) in [5, 5.41) is 11.4. The van der Waals surface area contributed by atoms with E-state index in [1.54, 1.807) is 11.8 Å². The van der Waals surface area contributed by atoms with Crippen molar-refractivity contribution in [3.63, 3.8) is 0 Å². The number of carbonyl (C=O) groups excluding carboxylic acids is 2. The Morgan fingerprint density at radius 1 is 1.29 bits per heavy atom. The van der Waals surface area contributed by atoms with Crippen molar-refractivity contribution in [1.29, 1.82) is 0 Å². The first kappa shape index (κ1) is 21.3. The number of aromatic amines is 1. The van der Waals surface area contributed by atoms with Gasteiger partial charge in [-0.2, -0.15) is 11.8 Å². The number of aromatic nitrogens is 4. The molecule has 3 heterocycles. The van der Waals surface area contributed by atoms with Gasteiger partial charge < -0.3 is 10.3 Å². The average molecular weight is 440 g/mol. The average Bonchev–Trinajstić information content (AvgIpc) is 3.13. The second-order valence-electron chi connectivity index (χ2n) is 8.64. The Kier molecular flexibility index (Phi) is 5.70. The van der Waals surface area contributed by atoms with Gasteiger partial charge in [0.05, 0.1) is 6.04 Å². The molecule has 0 fully saturated rings. The van der Waals surface area contributed by atoms with Crippen molar-refractivity contribution in [2.75, 3.05) is 12.0 Å². The molecule has 162 valence electrons. The smallest absolute Gasteiger partial charge is 0.261 e. The molecule has 0 aromatic carbocycles. The molecule has 4 rings (SSSR count). The summed E-state index contributed by atoms with van der Waals surface area (Å²) in [4.78, 5) is 41.1. The van der Waals surface area contributed by atoms with Gasteiger partial charge in [0, 0.05) is 23.9 Å². The molecule has 3 aromatic rings. The Morgan fingerprint density at radius 3 is 2.87 bits per heavy atom. The summed E-state index contributed by atoms with van der Waals surface area (Å²) in [5.41, 5.74) is 0.948. The van der Waals surface area contributed by atoms with Crippen molar-refractivity contribution in [2.45, 2.75) is 39.2 Å². The minimum atomic E-state index is -0.527. The molecule has 1 aliphatic carbocycles. The molecule has 2 N–H and O–H groups in total. The van der Waals surface area contributed by atoms with Crippen molar-refractivity contribution >= 4 is 29.1 Å². The van der Waals surface area contributed by atoms with Crippen LogP contribution in [0.3, 0.4) is 0 Å². The molecule has 31 heavy (non-hydrogen) atoms. The summed E-state index contributed by atoms with van der Waals surface area (Å²) in [5.74, 6) is 0.811. The number of thioether (sulfide) groups is 1. The van der Waals surface area contributed by atoms with E-state index in [1.165, 1.54) is 6.07 Å². The Labute approximate surface area is 183 Å². The van der Waals surface area contributed by atoms with Crippen molar-refractivity contribution in [3.05, 3.63) is 63.5 Å². The standard InChI is InChI=1S/C22H25N5O3S/c1-22(2)11-16-13(17(28)12-22)10-14(21(30)24-16)20(29)23-15(7-9-31-3)19-26-25-18-6-4-5-8-27(18)19/h4-6,8,10,15H,7,9,11-12H2,1-3H3,(H,23,29)(H,24,30). The Morgan fingerprint density at radius 2 is 2.10 bits per heavy atom. The molecule has 9 heteroatoms. The van der Waals surface area contributed by atoms with Gasteiger partial charge in [0.2, 0.25) is 0 Å². The fourth-order valence-electron chi connectivity index (χ4n) is 4.03. The molecular formula is C22H25N5O3S. The number of fused-ring (bicyclic) bond motifs is 2. The SMILES string of the molecule is CSCCC(NC(=O)c1cc2c([nH]c1=O)CC(C)(C)CC2=O)c1nnc2ccccn12. The zero-order chi connectivity index (χ0) is 22.2. The van der Waals surface area contributed by atoms with E-state index in [9.17, 15) is 14.4 Å². The quantitative estimate of drug-likeness (QED) is 0.611. The van der Waals surface area contributed by atoms with Gasteiger partial charge in [0.1, 0.15) is 5.56 Å². The molecule has 0 spiro atoms. The van der Waals surface area contributed by atoms with Crippen LogP contribution in [0.4, 0.5) is 0 Å². The van der Waals surface area contributed by atoms with Crippen LogP contribution < -0.4 is 10.9 Å². The monoisotopic (exact) mass is 439 g/mol. The lowest BCUT2D eigenvalue weighted by Gasteiger charge is -2.29. The number of hydrogen-bond donors (Lipinski definition) is 2. The lowest BCUT2D eigenvalue weighted by Crippen LogP contribution is -2.36. The summed E-state index contributed by atoms with van der Waals surface area (Å²) in [6, 6.07) is 6.59. The highest BCUT2D eigenvalue weighted by Crippen LogP contribution is 2.33. The number of amides is 1. The molecule has 1 aliphatic rings. The van der Waals surface area contributed by atoms with E-state index in [2.05, 4.69) is 20.5 Å². The lowest BCUT2D eigenvalue weighted by atomic mass is 9.75. The second kappa shape index (κ2) is 8.30. The minimum absolute atomic E-state index is 0.0565. The number of hydrogen-bond acceptors (Lipinski definition) is 6. The molecule has 3 aromatic heterocycles. The molecule has 0 aliphatic heterocycles. The van der Waals surface area contributed by atoms with Gasteiger partial charge in [0.25, 0.3) is 11.5 Å². The highest BCUT2D eigenvalue weighted by molar-refractivity contribution is 7.98. The highest BCUT2D eigenvalue weighted by atomic mass is 32.2. The predicted octanol–water partition coefficient (Wildman–Crippen LogP) is 2.80. The fraction of sp³-hybridized carbons (Fsp3) is 0.409. The number of carbonyl (C=O) groups is 2. The first-order valence-electron chi connectivity index (χ1n) is 10.2. The van der Waals surface area contributed by atoms with Crippen LogP contribution in [0.2, 0.25) is 0 Å². The van der Waals surface area contributed by atoms with Crippen molar-refractivity contribution < 1.29 is 9.59 Å². The number of ketones is 1. The lowest BCUT2D eigenvalue weighted by molar-refractivity contribution is 0.0910. The maximum absolute atomic E-state index is 13.1. The maximum atomic E-state index is 13.1. The number of H-pyrrole nitrogens is 1. The zero-order valence-corrected chi connectivity index (χ0v) is 18.6. The van der Waals surface area contributed by atoms with Crippen LogP contribution >= 0.6 is 11.8 Å². The van der Waals surface area contributed by atoms with E-state index in [4.69, 9.17) is 0 Å². The van der Waals surface area contributed by atoms with Crippen LogP contribution in [0.5, 0.6) is 0 Å². The zero-order valence-electron chi connectivity index (χ0n) is 17.8. The van der Waals surface area contributed by atoms with Gasteiger partial charge in [-0.1, -0.05) is 19.9 Å². The number of rotatable bonds is 6. The van der Waals surface area contributed by atoms with E-state index >= 15 is 0 Å². The maximum Gasteiger partial charge on any atom is 0.261 e. The van der Waals surface area contributed by atoms with Crippen molar-refractivity contribution in [2.24, 2.45) is 5.41 Å². The molecule has 0 saturated carbocycles. The molecule has 8 nitrogen and oxygen atoms in total. The second-order valence-corrected chi connectivity index (χ2v) is 9.63. The molecule has 0 radical (unpaired) electrons. The van der Waals surface area contributed by atoms with E-state index in [0.29, 0.717) is 42.0 Å². The third-order valence-corrected chi connectivity index (χ3v) is 6.17. The number of Topliss-reactive ketones (excluding diaryl/α,β-unsaturated/α-hetero) is 1. The van der Waals surface area contributed by atoms with Crippen LogP contribution in [0.1, 0.15) is 65.0 Å². The minimum Gasteiger partial charge on any atom is -0.342 e. The van der Waals surface area contributed by atoms with Crippen molar-refractivity contribution in [3.8, 4) is 0 Å². The molecular weight excluding hydrogens is 414 g/mol. The Bertz CT molecular complexity index is 1210. The van der Waals surface area contributed by atoms with E-state index in [1.807, 2.05) is 48.9 Å². The van der Waals surface area contributed by atoms with Gasteiger partial charge >= 0.3 is 0 Å². The predicted molar refractivity (Wildman–Crippen MR) is 120 cm³/mol. The number of pyridine rings is 2. The normalized spacial score (nSPS) is 16.2. The van der Waals surface area contributed by atoms with Crippen LogP contribution in [-0.4, -0.2) is 43.3 Å². The van der Waals surface area contributed by atoms with Crippen molar-refractivity contribution in [1.82, 2.24) is 24.9 Å². The number of nitrogens with one attached hydrogen (secondary N) is 2. The van der Waals surface area contributed by atoms with E-state index in [0.717, 1.165) is 5.75 Å². The van der Waals surface area contributed by atoms with Gasteiger partial charge in [-0.05, 0) is 48.5 Å². The topological polar surface area (TPSA) is 109 Å². The molecule has 1 amide bonds. The fourth-order valence-corrected chi connectivity index (χ4v) is 4.50. The third kappa shape index (κ3) is 4.27. The summed E-state index contributed by atoms with van der Waals surface area (Å²) >= 11 is 1.66. The molecule has 1 atom stereocenters. The summed E-state index contributed by atoms with van der Waals surface area (Å²) in [6.45, 7) is 3.98. The van der Waals surface area contributed by atoms with Crippen LogP contribution in [-0.2, 0) is 6.42 Å². The third-order valence-electron chi connectivity index (χ3n) is 5.53. The number of nitrogens with zero attached hydrogens (tertiary/aromatic N) is 3.